The second-order valence-corrected chi connectivity index (χ2v) is 5.60. The van der Waals surface area contributed by atoms with E-state index in [0.29, 0.717) is 0 Å². The minimum Gasteiger partial charge on any atom is -0.476 e. The minimum absolute atomic E-state index is 0.100. The number of thiazole rings is 1. The molecule has 0 radical (unpaired) electrons. The van der Waals surface area contributed by atoms with Crippen LogP contribution in [0, 0.1) is 0 Å². The Kier molecular flexibility index (Phi) is 3.51. The molecule has 3 rings (SSSR count). The molecule has 0 fully saturated rings. The molecule has 6 nitrogen and oxygen atoms in total. The van der Waals surface area contributed by atoms with Gasteiger partial charge in [-0.1, -0.05) is 35.9 Å². The maximum atomic E-state index is 12.4. The van der Waals surface area contributed by atoms with Crippen molar-refractivity contribution in [3.63, 3.8) is 0 Å². The average Bonchev–Trinajstić information content (AvgIpc) is 2.98. The van der Waals surface area contributed by atoms with E-state index < -0.39 is 17.5 Å². The van der Waals surface area contributed by atoms with Crippen molar-refractivity contribution in [2.45, 2.75) is 0 Å². The zero-order valence-corrected chi connectivity index (χ0v) is 12.4. The van der Waals surface area contributed by atoms with Crippen LogP contribution in [-0.4, -0.2) is 27.6 Å². The molecule has 2 N–H and O–H groups in total. The fraction of sp³-hybridized carbons (Fsp3) is 0. The summed E-state index contributed by atoms with van der Waals surface area (Å²) in [5, 5.41) is 12.7. The lowest BCUT2D eigenvalue weighted by atomic mass is 9.92. The summed E-state index contributed by atoms with van der Waals surface area (Å²) < 4.78 is 0. The number of fused-ring (bicyclic) bond motifs is 1. The lowest BCUT2D eigenvalue weighted by molar-refractivity contribution is 0.0691. The van der Waals surface area contributed by atoms with Crippen molar-refractivity contribution in [3.8, 4) is 0 Å². The summed E-state index contributed by atoms with van der Waals surface area (Å²) in [6.45, 7) is 0. The second-order valence-electron chi connectivity index (χ2n) is 4.36. The van der Waals surface area contributed by atoms with Gasteiger partial charge in [0.2, 0.25) is 11.6 Å². The van der Waals surface area contributed by atoms with Crippen LogP contribution in [0.4, 0.5) is 5.13 Å². The van der Waals surface area contributed by atoms with Gasteiger partial charge in [0.05, 0.1) is 0 Å². The third-order valence-electron chi connectivity index (χ3n) is 3.02. The predicted octanol–water partition coefficient (Wildman–Crippen LogP) is 2.78. The van der Waals surface area contributed by atoms with Gasteiger partial charge in [0.25, 0.3) is 0 Å². The Morgan fingerprint density at radius 2 is 1.82 bits per heavy atom. The third kappa shape index (κ3) is 2.30. The molecule has 1 aliphatic rings. The number of aromatic nitrogens is 1. The van der Waals surface area contributed by atoms with Crippen LogP contribution in [0.2, 0.25) is 0 Å². The van der Waals surface area contributed by atoms with Crippen LogP contribution in [0.1, 0.15) is 31.2 Å². The number of carboxylic acids is 1. The number of carbonyl (C=O) groups excluding carboxylic acids is 2. The number of anilines is 1. The summed E-state index contributed by atoms with van der Waals surface area (Å²) >= 11 is 6.98. The highest BCUT2D eigenvalue weighted by Crippen LogP contribution is 2.30. The molecule has 22 heavy (non-hydrogen) atoms. The van der Waals surface area contributed by atoms with E-state index in [1.165, 1.54) is 17.5 Å². The topological polar surface area (TPSA) is 96.4 Å². The number of ketones is 2. The van der Waals surface area contributed by atoms with Gasteiger partial charge in [-0.3, -0.25) is 9.59 Å². The second kappa shape index (κ2) is 5.36. The average molecular weight is 335 g/mol. The molecule has 0 unspecified atom stereocenters. The van der Waals surface area contributed by atoms with Gasteiger partial charge < -0.3 is 10.4 Å². The zero-order valence-electron chi connectivity index (χ0n) is 10.8. The molecule has 2 aromatic rings. The van der Waals surface area contributed by atoms with E-state index in [-0.39, 0.29) is 32.7 Å². The fourth-order valence-electron chi connectivity index (χ4n) is 1.99. The first-order valence-corrected chi connectivity index (χ1v) is 7.29. The smallest absolute Gasteiger partial charge is 0.355 e. The maximum Gasteiger partial charge on any atom is 0.355 e. The molecular weight excluding hydrogens is 328 g/mol. The van der Waals surface area contributed by atoms with Crippen molar-refractivity contribution in [2.75, 3.05) is 5.32 Å². The summed E-state index contributed by atoms with van der Waals surface area (Å²) in [6.07, 6.45) is 0. The van der Waals surface area contributed by atoms with Crippen LogP contribution in [0.25, 0.3) is 0 Å². The van der Waals surface area contributed by atoms with E-state index in [2.05, 4.69) is 10.3 Å². The molecule has 0 saturated heterocycles. The Morgan fingerprint density at radius 3 is 2.41 bits per heavy atom. The van der Waals surface area contributed by atoms with Crippen molar-refractivity contribution in [2.24, 2.45) is 0 Å². The van der Waals surface area contributed by atoms with E-state index in [1.807, 2.05) is 0 Å². The molecule has 110 valence electrons. The molecule has 0 saturated carbocycles. The quantitative estimate of drug-likeness (QED) is 0.896. The summed E-state index contributed by atoms with van der Waals surface area (Å²) in [4.78, 5) is 39.2. The van der Waals surface area contributed by atoms with E-state index >= 15 is 0 Å². The number of carbonyl (C=O) groups is 3. The van der Waals surface area contributed by atoms with E-state index in [9.17, 15) is 14.4 Å². The van der Waals surface area contributed by atoms with Crippen LogP contribution in [0.15, 0.2) is 40.4 Å². The number of halogens is 1. The Bertz CT molecular complexity index is 856. The summed E-state index contributed by atoms with van der Waals surface area (Å²) in [5.74, 6) is -2.08. The summed E-state index contributed by atoms with van der Waals surface area (Å²) in [5.41, 5.74) is 0.235. The molecule has 0 amide bonds. The first-order valence-electron chi connectivity index (χ1n) is 6.03. The Morgan fingerprint density at radius 1 is 1.18 bits per heavy atom. The van der Waals surface area contributed by atoms with Crippen LogP contribution < -0.4 is 5.32 Å². The summed E-state index contributed by atoms with van der Waals surface area (Å²) in [7, 11) is 0. The van der Waals surface area contributed by atoms with Crippen LogP contribution in [0.5, 0.6) is 0 Å². The monoisotopic (exact) mass is 334 g/mol. The third-order valence-corrected chi connectivity index (χ3v) is 4.14. The lowest BCUT2D eigenvalue weighted by Gasteiger charge is -2.17. The first kappa shape index (κ1) is 14.4. The minimum atomic E-state index is -1.18. The highest BCUT2D eigenvalue weighted by Gasteiger charge is 2.31. The number of hydrogen-bond donors (Lipinski definition) is 2. The Labute approximate surface area is 133 Å². The molecule has 0 spiro atoms. The molecule has 8 heteroatoms. The summed E-state index contributed by atoms with van der Waals surface area (Å²) in [6, 6.07) is 6.35. The molecular formula is C14H7ClN2O4S. The molecule has 1 heterocycles. The normalized spacial score (nSPS) is 14.0. The van der Waals surface area contributed by atoms with Crippen molar-refractivity contribution in [1.82, 2.24) is 4.98 Å². The highest BCUT2D eigenvalue weighted by molar-refractivity contribution is 7.14. The maximum absolute atomic E-state index is 12.4. The van der Waals surface area contributed by atoms with Gasteiger partial charge >= 0.3 is 5.97 Å². The van der Waals surface area contributed by atoms with Crippen molar-refractivity contribution < 1.29 is 19.5 Å². The zero-order chi connectivity index (χ0) is 15.9. The number of carboxylic acid groups (broad SMARTS) is 1. The van der Waals surface area contributed by atoms with Crippen molar-refractivity contribution in [3.05, 3.63) is 57.2 Å². The molecule has 0 bridgehead atoms. The van der Waals surface area contributed by atoms with E-state index in [1.54, 1.807) is 12.1 Å². The number of benzene rings is 1. The predicted molar refractivity (Wildman–Crippen MR) is 80.7 cm³/mol. The SMILES string of the molecule is O=C(O)c1csc(NC2=C(Cl)C(=O)c3ccccc3C2=O)n1. The van der Waals surface area contributed by atoms with Crippen LogP contribution in [0.3, 0.4) is 0 Å². The van der Waals surface area contributed by atoms with Gasteiger partial charge in [-0.2, -0.15) is 0 Å². The highest BCUT2D eigenvalue weighted by atomic mass is 35.5. The Balaban J connectivity index is 1.99. The van der Waals surface area contributed by atoms with E-state index in [0.717, 1.165) is 11.3 Å². The van der Waals surface area contributed by atoms with Gasteiger partial charge in [-0.15, -0.1) is 11.3 Å². The standard InChI is InChI=1S/C14H7ClN2O4S/c15-9-10(17-14-16-8(5-22-14)13(20)21)12(19)7-4-2-1-3-6(7)11(9)18/h1-5H,(H,16,17)(H,20,21). The van der Waals surface area contributed by atoms with Crippen LogP contribution >= 0.6 is 22.9 Å². The van der Waals surface area contributed by atoms with Gasteiger partial charge in [0.1, 0.15) is 10.7 Å². The number of rotatable bonds is 3. The molecule has 0 atom stereocenters. The first-order chi connectivity index (χ1) is 10.5. The van der Waals surface area contributed by atoms with Crippen molar-refractivity contribution in [1.29, 1.82) is 0 Å². The van der Waals surface area contributed by atoms with Gasteiger partial charge in [0.15, 0.2) is 10.8 Å². The Hall–Kier alpha value is -2.51. The molecule has 1 aromatic carbocycles. The van der Waals surface area contributed by atoms with Crippen LogP contribution in [-0.2, 0) is 0 Å². The fourth-order valence-corrected chi connectivity index (χ4v) is 2.92. The number of Topliss-reactive ketones (excluding diaryl/α,β-unsaturated/α-hetero) is 2. The molecule has 1 aliphatic carbocycles. The van der Waals surface area contributed by atoms with Gasteiger partial charge in [-0.05, 0) is 0 Å². The number of nitrogens with zero attached hydrogens (tertiary/aromatic N) is 1. The molecule has 0 aliphatic heterocycles. The van der Waals surface area contributed by atoms with Crippen molar-refractivity contribution >= 4 is 45.6 Å². The number of nitrogens with one attached hydrogen (secondary N) is 1. The largest absolute Gasteiger partial charge is 0.476 e. The number of aromatic carboxylic acids is 1. The van der Waals surface area contributed by atoms with E-state index in [4.69, 9.17) is 16.7 Å². The van der Waals surface area contributed by atoms with Gasteiger partial charge in [0, 0.05) is 16.5 Å². The lowest BCUT2D eigenvalue weighted by Crippen LogP contribution is -2.24. The molecule has 1 aromatic heterocycles. The number of allylic oxidation sites excluding steroid dienone is 2. The number of hydrogen-bond acceptors (Lipinski definition) is 6. The van der Waals surface area contributed by atoms with Gasteiger partial charge in [-0.25, -0.2) is 9.78 Å².